The second kappa shape index (κ2) is 3.17. The lowest BCUT2D eigenvalue weighted by Gasteiger charge is -2.07. The standard InChI is InChI=1S/C11H12O2S/c1-6-4-8(13-3)10(12)9-7(2)5-14-11(6)9/h4-5,12H,1-3H3. The number of hydrogen-bond acceptors (Lipinski definition) is 3. The highest BCUT2D eigenvalue weighted by Crippen LogP contribution is 2.41. The number of phenols is 1. The van der Waals surface area contributed by atoms with Gasteiger partial charge >= 0.3 is 0 Å². The molecule has 0 unspecified atom stereocenters. The first kappa shape index (κ1) is 9.34. The van der Waals surface area contributed by atoms with Gasteiger partial charge in [0.1, 0.15) is 0 Å². The Hall–Kier alpha value is -1.22. The van der Waals surface area contributed by atoms with Crippen molar-refractivity contribution in [3.63, 3.8) is 0 Å². The van der Waals surface area contributed by atoms with E-state index in [-0.39, 0.29) is 5.75 Å². The van der Waals surface area contributed by atoms with Crippen LogP contribution in [0.2, 0.25) is 0 Å². The molecule has 0 aliphatic rings. The van der Waals surface area contributed by atoms with Crippen LogP contribution in [0.25, 0.3) is 10.1 Å². The number of rotatable bonds is 1. The van der Waals surface area contributed by atoms with Crippen LogP contribution in [0.4, 0.5) is 0 Å². The molecule has 0 atom stereocenters. The number of benzene rings is 1. The Balaban J connectivity index is 2.91. The molecule has 3 heteroatoms. The van der Waals surface area contributed by atoms with Gasteiger partial charge in [-0.1, -0.05) is 0 Å². The second-order valence-corrected chi connectivity index (χ2v) is 4.25. The number of fused-ring (bicyclic) bond motifs is 1. The van der Waals surface area contributed by atoms with Crippen molar-refractivity contribution in [2.45, 2.75) is 13.8 Å². The van der Waals surface area contributed by atoms with Crippen LogP contribution >= 0.6 is 11.3 Å². The van der Waals surface area contributed by atoms with Gasteiger partial charge in [-0.15, -0.1) is 11.3 Å². The number of thiophene rings is 1. The molecule has 1 aromatic carbocycles. The Labute approximate surface area is 86.8 Å². The SMILES string of the molecule is COc1cc(C)c2scc(C)c2c1O. The monoisotopic (exact) mass is 208 g/mol. The number of methoxy groups -OCH3 is 1. The summed E-state index contributed by atoms with van der Waals surface area (Å²) in [6.07, 6.45) is 0. The molecule has 0 radical (unpaired) electrons. The van der Waals surface area contributed by atoms with Crippen LogP contribution in [0.3, 0.4) is 0 Å². The summed E-state index contributed by atoms with van der Waals surface area (Å²) in [5.41, 5.74) is 2.25. The van der Waals surface area contributed by atoms with E-state index < -0.39 is 0 Å². The summed E-state index contributed by atoms with van der Waals surface area (Å²) in [6, 6.07) is 1.87. The van der Waals surface area contributed by atoms with Crippen molar-refractivity contribution in [3.8, 4) is 11.5 Å². The first-order valence-corrected chi connectivity index (χ1v) is 5.27. The van der Waals surface area contributed by atoms with E-state index >= 15 is 0 Å². The highest BCUT2D eigenvalue weighted by Gasteiger charge is 2.12. The molecule has 0 saturated carbocycles. The summed E-state index contributed by atoms with van der Waals surface area (Å²) in [7, 11) is 1.57. The molecule has 0 amide bonds. The van der Waals surface area contributed by atoms with E-state index in [2.05, 4.69) is 5.38 Å². The lowest BCUT2D eigenvalue weighted by atomic mass is 10.1. The van der Waals surface area contributed by atoms with Crippen LogP contribution in [0.15, 0.2) is 11.4 Å². The van der Waals surface area contributed by atoms with E-state index in [0.717, 1.165) is 21.2 Å². The number of aromatic hydroxyl groups is 1. The molecule has 74 valence electrons. The summed E-state index contributed by atoms with van der Waals surface area (Å²) in [5.74, 6) is 0.809. The van der Waals surface area contributed by atoms with Crippen molar-refractivity contribution >= 4 is 21.4 Å². The molecular formula is C11H12O2S. The number of ether oxygens (including phenoxy) is 1. The maximum Gasteiger partial charge on any atom is 0.166 e. The topological polar surface area (TPSA) is 29.5 Å². The van der Waals surface area contributed by atoms with E-state index in [1.807, 2.05) is 19.9 Å². The minimum atomic E-state index is 0.256. The third-order valence-corrected chi connectivity index (χ3v) is 3.60. The highest BCUT2D eigenvalue weighted by atomic mass is 32.1. The Morgan fingerprint density at radius 2 is 2.00 bits per heavy atom. The zero-order chi connectivity index (χ0) is 10.3. The Morgan fingerprint density at radius 3 is 2.64 bits per heavy atom. The van der Waals surface area contributed by atoms with E-state index in [1.54, 1.807) is 18.4 Å². The van der Waals surface area contributed by atoms with Crippen molar-refractivity contribution in [1.29, 1.82) is 0 Å². The van der Waals surface area contributed by atoms with Crippen LogP contribution in [0, 0.1) is 13.8 Å². The predicted octanol–water partition coefficient (Wildman–Crippen LogP) is 3.23. The smallest absolute Gasteiger partial charge is 0.166 e. The van der Waals surface area contributed by atoms with Gasteiger partial charge in [-0.25, -0.2) is 0 Å². The summed E-state index contributed by atoms with van der Waals surface area (Å²) in [6.45, 7) is 4.03. The van der Waals surface area contributed by atoms with Gasteiger partial charge in [-0.3, -0.25) is 0 Å². The molecule has 0 aliphatic carbocycles. The molecule has 1 heterocycles. The average Bonchev–Trinajstić information content (AvgIpc) is 2.54. The Morgan fingerprint density at radius 1 is 1.29 bits per heavy atom. The summed E-state index contributed by atoms with van der Waals surface area (Å²) >= 11 is 1.66. The highest BCUT2D eigenvalue weighted by molar-refractivity contribution is 7.17. The van der Waals surface area contributed by atoms with Gasteiger partial charge in [-0.2, -0.15) is 0 Å². The molecule has 0 saturated heterocycles. The van der Waals surface area contributed by atoms with Gasteiger partial charge in [0.25, 0.3) is 0 Å². The van der Waals surface area contributed by atoms with Crippen LogP contribution in [0.5, 0.6) is 11.5 Å². The Kier molecular flexibility index (Phi) is 2.11. The average molecular weight is 208 g/mol. The molecule has 14 heavy (non-hydrogen) atoms. The minimum absolute atomic E-state index is 0.256. The van der Waals surface area contributed by atoms with Gasteiger partial charge in [0, 0.05) is 10.1 Å². The first-order valence-electron chi connectivity index (χ1n) is 4.39. The van der Waals surface area contributed by atoms with Crippen molar-refractivity contribution in [2.24, 2.45) is 0 Å². The largest absolute Gasteiger partial charge is 0.504 e. The molecule has 0 bridgehead atoms. The van der Waals surface area contributed by atoms with Crippen LogP contribution < -0.4 is 4.74 Å². The third kappa shape index (κ3) is 1.16. The fourth-order valence-electron chi connectivity index (χ4n) is 1.64. The van der Waals surface area contributed by atoms with Gasteiger partial charge in [0.2, 0.25) is 0 Å². The van der Waals surface area contributed by atoms with Crippen molar-refractivity contribution < 1.29 is 9.84 Å². The number of aryl methyl sites for hydroxylation is 2. The second-order valence-electron chi connectivity index (χ2n) is 3.37. The lowest BCUT2D eigenvalue weighted by molar-refractivity contribution is 0.376. The van der Waals surface area contributed by atoms with E-state index in [0.29, 0.717) is 5.75 Å². The fraction of sp³-hybridized carbons (Fsp3) is 0.273. The van der Waals surface area contributed by atoms with Crippen LogP contribution in [-0.4, -0.2) is 12.2 Å². The van der Waals surface area contributed by atoms with Crippen molar-refractivity contribution in [3.05, 3.63) is 22.6 Å². The molecule has 0 aliphatic heterocycles. The van der Waals surface area contributed by atoms with E-state index in [4.69, 9.17) is 4.74 Å². The maximum atomic E-state index is 9.93. The normalized spacial score (nSPS) is 10.8. The van der Waals surface area contributed by atoms with Crippen molar-refractivity contribution in [1.82, 2.24) is 0 Å². The minimum Gasteiger partial charge on any atom is -0.504 e. The van der Waals surface area contributed by atoms with Gasteiger partial charge in [0.15, 0.2) is 11.5 Å². The van der Waals surface area contributed by atoms with Crippen molar-refractivity contribution in [2.75, 3.05) is 7.11 Å². The van der Waals surface area contributed by atoms with Gasteiger partial charge in [0.05, 0.1) is 7.11 Å². The maximum absolute atomic E-state index is 9.93. The molecule has 2 rings (SSSR count). The molecule has 1 aromatic heterocycles. The zero-order valence-electron chi connectivity index (χ0n) is 8.42. The summed E-state index contributed by atoms with van der Waals surface area (Å²) in [4.78, 5) is 0. The van der Waals surface area contributed by atoms with E-state index in [1.165, 1.54) is 0 Å². The fourth-order valence-corrected chi connectivity index (χ4v) is 2.67. The molecule has 2 aromatic rings. The molecule has 2 nitrogen and oxygen atoms in total. The van der Waals surface area contributed by atoms with Gasteiger partial charge in [-0.05, 0) is 36.4 Å². The molecule has 0 fully saturated rings. The van der Waals surface area contributed by atoms with E-state index in [9.17, 15) is 5.11 Å². The first-order chi connectivity index (χ1) is 6.65. The van der Waals surface area contributed by atoms with Crippen LogP contribution in [-0.2, 0) is 0 Å². The molecular weight excluding hydrogens is 196 g/mol. The zero-order valence-corrected chi connectivity index (χ0v) is 9.23. The third-order valence-electron chi connectivity index (χ3n) is 2.37. The number of phenolic OH excluding ortho intramolecular Hbond substituents is 1. The lowest BCUT2D eigenvalue weighted by Crippen LogP contribution is -1.86. The summed E-state index contributed by atoms with van der Waals surface area (Å²) < 4.78 is 6.25. The quantitative estimate of drug-likeness (QED) is 0.779. The Bertz CT molecular complexity index is 485. The predicted molar refractivity (Wildman–Crippen MR) is 59.5 cm³/mol. The molecule has 1 N–H and O–H groups in total. The number of hydrogen-bond donors (Lipinski definition) is 1. The van der Waals surface area contributed by atoms with Crippen LogP contribution in [0.1, 0.15) is 11.1 Å². The summed E-state index contributed by atoms with van der Waals surface area (Å²) in [5, 5.41) is 12.9. The van der Waals surface area contributed by atoms with Gasteiger partial charge < -0.3 is 9.84 Å². The molecule has 0 spiro atoms.